The van der Waals surface area contributed by atoms with Crippen LogP contribution in [-0.4, -0.2) is 34.1 Å². The maximum absolute atomic E-state index is 12.0. The maximum atomic E-state index is 12.0. The van der Waals surface area contributed by atoms with Crippen molar-refractivity contribution in [2.24, 2.45) is 0 Å². The highest BCUT2D eigenvalue weighted by atomic mass is 16.5. The van der Waals surface area contributed by atoms with Crippen LogP contribution in [0.1, 0.15) is 21.6 Å². The molecule has 0 radical (unpaired) electrons. The quantitative estimate of drug-likeness (QED) is 0.432. The summed E-state index contributed by atoms with van der Waals surface area (Å²) in [6, 6.07) is 8.93. The molecule has 1 aromatic carbocycles. The van der Waals surface area contributed by atoms with Crippen molar-refractivity contribution in [3.8, 4) is 5.75 Å². The number of ketones is 1. The molecule has 0 saturated heterocycles. The molecule has 2 rings (SSSR count). The second kappa shape index (κ2) is 6.62. The molecule has 0 unspecified atom stereocenters. The van der Waals surface area contributed by atoms with E-state index in [1.54, 1.807) is 19.4 Å². The van der Waals surface area contributed by atoms with E-state index >= 15 is 0 Å². The van der Waals surface area contributed by atoms with Crippen molar-refractivity contribution in [2.45, 2.75) is 6.42 Å². The van der Waals surface area contributed by atoms with Crippen LogP contribution in [0.15, 0.2) is 48.4 Å². The number of H-pyrrole nitrogens is 1. The van der Waals surface area contributed by atoms with E-state index < -0.39 is 17.5 Å². The summed E-state index contributed by atoms with van der Waals surface area (Å²) in [7, 11) is 1.58. The van der Waals surface area contributed by atoms with Crippen molar-refractivity contribution >= 4 is 11.8 Å². The maximum Gasteiger partial charge on any atom is 0.371 e. The number of aromatic amines is 1. The van der Waals surface area contributed by atoms with E-state index in [4.69, 9.17) is 14.9 Å². The SMILES string of the molecule is COc1ccc(Cc2[nH]ccc2C(=O)C=C(O)C(=O)O)cc1. The third-order valence-electron chi connectivity index (χ3n) is 3.13. The first-order chi connectivity index (χ1) is 10.5. The number of nitrogens with one attached hydrogen (secondary N) is 1. The van der Waals surface area contributed by atoms with Gasteiger partial charge < -0.3 is 19.9 Å². The summed E-state index contributed by atoms with van der Waals surface area (Å²) >= 11 is 0. The van der Waals surface area contributed by atoms with Crippen molar-refractivity contribution in [3.05, 3.63) is 65.2 Å². The number of carboxylic acid groups (broad SMARTS) is 1. The Kier molecular flexibility index (Phi) is 4.63. The summed E-state index contributed by atoms with van der Waals surface area (Å²) in [6.07, 6.45) is 2.76. The van der Waals surface area contributed by atoms with Gasteiger partial charge in [-0.2, -0.15) is 0 Å². The molecular weight excluding hydrogens is 286 g/mol. The van der Waals surface area contributed by atoms with Crippen LogP contribution in [0.3, 0.4) is 0 Å². The molecule has 0 aliphatic heterocycles. The molecule has 3 N–H and O–H groups in total. The van der Waals surface area contributed by atoms with E-state index in [1.165, 1.54) is 0 Å². The van der Waals surface area contributed by atoms with Gasteiger partial charge in [0, 0.05) is 30.0 Å². The Morgan fingerprint density at radius 1 is 1.18 bits per heavy atom. The Balaban J connectivity index is 2.20. The average Bonchev–Trinajstić information content (AvgIpc) is 2.96. The molecular formula is C16H15NO5. The summed E-state index contributed by atoms with van der Waals surface area (Å²) in [6.45, 7) is 0. The van der Waals surface area contributed by atoms with Crippen LogP contribution in [0.2, 0.25) is 0 Å². The number of aliphatic hydroxyl groups excluding tert-OH is 1. The molecule has 6 heteroatoms. The molecule has 1 aromatic heterocycles. The van der Waals surface area contributed by atoms with Crippen molar-refractivity contribution in [3.63, 3.8) is 0 Å². The van der Waals surface area contributed by atoms with E-state index in [9.17, 15) is 9.59 Å². The van der Waals surface area contributed by atoms with Gasteiger partial charge in [-0.15, -0.1) is 0 Å². The van der Waals surface area contributed by atoms with Crippen LogP contribution in [0.5, 0.6) is 5.75 Å². The van der Waals surface area contributed by atoms with Gasteiger partial charge in [0.25, 0.3) is 0 Å². The van der Waals surface area contributed by atoms with Crippen LogP contribution in [-0.2, 0) is 11.2 Å². The molecule has 1 heterocycles. The minimum Gasteiger partial charge on any atom is -0.502 e. The lowest BCUT2D eigenvalue weighted by atomic mass is 10.0. The van der Waals surface area contributed by atoms with Gasteiger partial charge >= 0.3 is 5.97 Å². The number of carboxylic acids is 1. The topological polar surface area (TPSA) is 99.6 Å². The number of ether oxygens (including phenoxy) is 1. The summed E-state index contributed by atoms with van der Waals surface area (Å²) in [5.74, 6) is -2.35. The van der Waals surface area contributed by atoms with Crippen LogP contribution < -0.4 is 4.74 Å². The first-order valence-corrected chi connectivity index (χ1v) is 6.48. The summed E-state index contributed by atoms with van der Waals surface area (Å²) in [5.41, 5.74) is 1.93. The molecule has 2 aromatic rings. The molecule has 114 valence electrons. The van der Waals surface area contributed by atoms with E-state index in [-0.39, 0.29) is 0 Å². The lowest BCUT2D eigenvalue weighted by molar-refractivity contribution is -0.135. The lowest BCUT2D eigenvalue weighted by Gasteiger charge is -2.04. The van der Waals surface area contributed by atoms with Gasteiger partial charge in [0.1, 0.15) is 5.75 Å². The average molecular weight is 301 g/mol. The zero-order valence-electron chi connectivity index (χ0n) is 11.9. The van der Waals surface area contributed by atoms with Crippen LogP contribution in [0, 0.1) is 0 Å². The minimum absolute atomic E-state index is 0.323. The number of benzene rings is 1. The predicted octanol–water partition coefficient (Wildman–Crippen LogP) is 2.32. The van der Waals surface area contributed by atoms with Crippen molar-refractivity contribution in [1.82, 2.24) is 4.98 Å². The molecule has 0 aliphatic carbocycles. The normalized spacial score (nSPS) is 11.2. The van der Waals surface area contributed by atoms with Gasteiger partial charge in [0.15, 0.2) is 5.78 Å². The second-order valence-corrected chi connectivity index (χ2v) is 4.59. The zero-order chi connectivity index (χ0) is 16.1. The Bertz CT molecular complexity index is 712. The molecule has 0 atom stereocenters. The first kappa shape index (κ1) is 15.4. The highest BCUT2D eigenvalue weighted by Crippen LogP contribution is 2.17. The highest BCUT2D eigenvalue weighted by Gasteiger charge is 2.14. The Labute approximate surface area is 126 Å². The van der Waals surface area contributed by atoms with Crippen molar-refractivity contribution in [2.75, 3.05) is 7.11 Å². The zero-order valence-corrected chi connectivity index (χ0v) is 11.9. The molecule has 0 saturated carbocycles. The second-order valence-electron chi connectivity index (χ2n) is 4.59. The number of aliphatic hydroxyl groups is 1. The number of rotatable bonds is 6. The lowest BCUT2D eigenvalue weighted by Crippen LogP contribution is -2.05. The van der Waals surface area contributed by atoms with Gasteiger partial charge in [-0.1, -0.05) is 12.1 Å². The van der Waals surface area contributed by atoms with Crippen molar-refractivity contribution in [1.29, 1.82) is 0 Å². The number of aromatic nitrogens is 1. The van der Waals surface area contributed by atoms with Gasteiger partial charge in [-0.3, -0.25) is 4.79 Å². The smallest absolute Gasteiger partial charge is 0.371 e. The Morgan fingerprint density at radius 2 is 1.86 bits per heavy atom. The molecule has 0 amide bonds. The monoisotopic (exact) mass is 301 g/mol. The van der Waals surface area contributed by atoms with E-state index in [2.05, 4.69) is 4.98 Å². The number of carbonyl (C=O) groups excluding carboxylic acids is 1. The Hall–Kier alpha value is -3.02. The number of hydrogen-bond donors (Lipinski definition) is 3. The van der Waals surface area contributed by atoms with Crippen LogP contribution >= 0.6 is 0 Å². The minimum atomic E-state index is -1.54. The molecule has 0 aliphatic rings. The molecule has 6 nitrogen and oxygen atoms in total. The predicted molar refractivity (Wildman–Crippen MR) is 79.3 cm³/mol. The molecule has 0 bridgehead atoms. The molecule has 22 heavy (non-hydrogen) atoms. The third kappa shape index (κ3) is 3.54. The Morgan fingerprint density at radius 3 is 2.45 bits per heavy atom. The van der Waals surface area contributed by atoms with Gasteiger partial charge in [0.2, 0.25) is 5.76 Å². The van der Waals surface area contributed by atoms with E-state index in [1.807, 2.05) is 24.3 Å². The number of methoxy groups -OCH3 is 1. The number of hydrogen-bond acceptors (Lipinski definition) is 4. The van der Waals surface area contributed by atoms with E-state index in [0.717, 1.165) is 11.3 Å². The first-order valence-electron chi connectivity index (χ1n) is 6.48. The summed E-state index contributed by atoms with van der Waals surface area (Å²) < 4.78 is 5.08. The van der Waals surface area contributed by atoms with Crippen LogP contribution in [0.4, 0.5) is 0 Å². The van der Waals surface area contributed by atoms with Gasteiger partial charge in [-0.25, -0.2) is 4.79 Å². The standard InChI is InChI=1S/C16H15NO5/c1-22-11-4-2-10(3-5-11)8-13-12(6-7-17-13)14(18)9-15(19)16(20)21/h2-7,9,17,19H,8H2,1H3,(H,20,21). The summed E-state index contributed by atoms with van der Waals surface area (Å²) in [4.78, 5) is 25.5. The highest BCUT2D eigenvalue weighted by molar-refractivity contribution is 6.08. The van der Waals surface area contributed by atoms with Crippen molar-refractivity contribution < 1.29 is 24.5 Å². The number of carbonyl (C=O) groups is 2. The van der Waals surface area contributed by atoms with E-state index in [0.29, 0.717) is 23.8 Å². The van der Waals surface area contributed by atoms with Gasteiger partial charge in [0.05, 0.1) is 7.11 Å². The fourth-order valence-electron chi connectivity index (χ4n) is 1.99. The fraction of sp³-hybridized carbons (Fsp3) is 0.125. The molecule has 0 fully saturated rings. The summed E-state index contributed by atoms with van der Waals surface area (Å²) in [5, 5.41) is 17.7. The third-order valence-corrected chi connectivity index (χ3v) is 3.13. The largest absolute Gasteiger partial charge is 0.502 e. The number of allylic oxidation sites excluding steroid dienone is 1. The van der Waals surface area contributed by atoms with Gasteiger partial charge in [-0.05, 0) is 23.8 Å². The number of aliphatic carboxylic acids is 1. The fourth-order valence-corrected chi connectivity index (χ4v) is 1.99. The molecule has 0 spiro atoms. The van der Waals surface area contributed by atoms with Crippen LogP contribution in [0.25, 0.3) is 0 Å².